The summed E-state index contributed by atoms with van der Waals surface area (Å²) in [5.41, 5.74) is 4.58. The number of benzene rings is 3. The first kappa shape index (κ1) is 21.9. The van der Waals surface area contributed by atoms with E-state index in [0.29, 0.717) is 13.2 Å². The maximum absolute atomic E-state index is 13.7. The Hall–Kier alpha value is -2.89. The van der Waals surface area contributed by atoms with Gasteiger partial charge in [0.25, 0.3) is 0 Å². The van der Waals surface area contributed by atoms with E-state index in [-0.39, 0.29) is 11.2 Å². The van der Waals surface area contributed by atoms with Crippen molar-refractivity contribution in [3.63, 3.8) is 0 Å². The maximum Gasteiger partial charge on any atom is 0.142 e. The number of fused-ring (bicyclic) bond motifs is 1. The van der Waals surface area contributed by atoms with Gasteiger partial charge in [0.2, 0.25) is 0 Å². The minimum atomic E-state index is -0.262. The van der Waals surface area contributed by atoms with Crippen LogP contribution in [-0.4, -0.2) is 51.3 Å². The van der Waals surface area contributed by atoms with Gasteiger partial charge < -0.3 is 14.4 Å². The van der Waals surface area contributed by atoms with Crippen molar-refractivity contribution < 1.29 is 13.9 Å². The molecular formula is C28H31FN2O2. The second-order valence-corrected chi connectivity index (χ2v) is 8.99. The first-order valence-corrected chi connectivity index (χ1v) is 11.7. The van der Waals surface area contributed by atoms with Crippen molar-refractivity contribution in [2.24, 2.45) is 0 Å². The highest BCUT2D eigenvalue weighted by Crippen LogP contribution is 2.41. The minimum absolute atomic E-state index is 0.202. The molecular weight excluding hydrogens is 415 g/mol. The lowest BCUT2D eigenvalue weighted by atomic mass is 9.70. The molecule has 0 saturated carbocycles. The number of anilines is 1. The summed E-state index contributed by atoms with van der Waals surface area (Å²) in [4.78, 5) is 4.94. The summed E-state index contributed by atoms with van der Waals surface area (Å²) in [7, 11) is 1.73. The predicted octanol–water partition coefficient (Wildman–Crippen LogP) is 4.86. The molecule has 1 unspecified atom stereocenters. The fourth-order valence-electron chi connectivity index (χ4n) is 5.34. The van der Waals surface area contributed by atoms with E-state index < -0.39 is 0 Å². The molecule has 0 aliphatic carbocycles. The number of piperazine rings is 1. The van der Waals surface area contributed by atoms with Crippen LogP contribution in [-0.2, 0) is 16.8 Å². The quantitative estimate of drug-likeness (QED) is 0.540. The van der Waals surface area contributed by atoms with Crippen molar-refractivity contribution in [2.75, 3.05) is 51.3 Å². The Morgan fingerprint density at radius 1 is 0.909 bits per heavy atom. The lowest BCUT2D eigenvalue weighted by molar-refractivity contribution is 0.0571. The largest absolute Gasteiger partial charge is 0.495 e. The standard InChI is InChI=1S/C28H31FN2O2/c1-32-27-9-5-4-8-26(27)31-18-16-30(17-19-31)15-14-28(23-10-12-24(29)13-11-23)21-33-20-22-6-2-3-7-25(22)28/h2-13H,14-21H2,1H3. The van der Waals surface area contributed by atoms with E-state index in [2.05, 4.69) is 46.2 Å². The molecule has 2 heterocycles. The molecule has 1 fully saturated rings. The van der Waals surface area contributed by atoms with Gasteiger partial charge in [-0.1, -0.05) is 48.5 Å². The number of methoxy groups -OCH3 is 1. The van der Waals surface area contributed by atoms with Gasteiger partial charge in [-0.05, 0) is 53.9 Å². The highest BCUT2D eigenvalue weighted by atomic mass is 19.1. The molecule has 0 amide bonds. The SMILES string of the molecule is COc1ccccc1N1CCN(CCC2(c3ccc(F)cc3)COCc3ccccc32)CC1. The molecule has 172 valence electrons. The summed E-state index contributed by atoms with van der Waals surface area (Å²) >= 11 is 0. The molecule has 0 radical (unpaired) electrons. The van der Waals surface area contributed by atoms with Gasteiger partial charge in [-0.15, -0.1) is 0 Å². The molecule has 0 aromatic heterocycles. The molecule has 1 saturated heterocycles. The molecule has 0 bridgehead atoms. The topological polar surface area (TPSA) is 24.9 Å². The molecule has 3 aromatic rings. The van der Waals surface area contributed by atoms with Gasteiger partial charge in [0.1, 0.15) is 11.6 Å². The first-order valence-electron chi connectivity index (χ1n) is 11.7. The third-order valence-electron chi connectivity index (χ3n) is 7.19. The third kappa shape index (κ3) is 4.35. The van der Waals surface area contributed by atoms with Crippen LogP contribution >= 0.6 is 0 Å². The predicted molar refractivity (Wildman–Crippen MR) is 130 cm³/mol. The molecule has 0 spiro atoms. The number of halogens is 1. The van der Waals surface area contributed by atoms with E-state index >= 15 is 0 Å². The molecule has 5 rings (SSSR count). The van der Waals surface area contributed by atoms with Crippen LogP contribution in [0.3, 0.4) is 0 Å². The summed E-state index contributed by atoms with van der Waals surface area (Å²) in [6.07, 6.45) is 0.935. The zero-order valence-electron chi connectivity index (χ0n) is 19.2. The lowest BCUT2D eigenvalue weighted by Crippen LogP contribution is -2.48. The fraction of sp³-hybridized carbons (Fsp3) is 0.357. The minimum Gasteiger partial charge on any atom is -0.495 e. The number of hydrogen-bond donors (Lipinski definition) is 0. The van der Waals surface area contributed by atoms with E-state index in [1.165, 1.54) is 11.1 Å². The van der Waals surface area contributed by atoms with Crippen LogP contribution in [0.4, 0.5) is 10.1 Å². The van der Waals surface area contributed by atoms with Crippen LogP contribution in [0.1, 0.15) is 23.1 Å². The van der Waals surface area contributed by atoms with Crippen LogP contribution in [0.5, 0.6) is 5.75 Å². The van der Waals surface area contributed by atoms with Gasteiger partial charge in [-0.25, -0.2) is 4.39 Å². The Labute approximate surface area is 195 Å². The van der Waals surface area contributed by atoms with E-state index in [1.807, 2.05) is 24.3 Å². The Morgan fingerprint density at radius 2 is 1.64 bits per heavy atom. The first-order chi connectivity index (χ1) is 16.2. The normalized spacial score (nSPS) is 21.0. The molecule has 0 N–H and O–H groups in total. The van der Waals surface area contributed by atoms with Crippen molar-refractivity contribution in [2.45, 2.75) is 18.4 Å². The van der Waals surface area contributed by atoms with Crippen LogP contribution in [0.2, 0.25) is 0 Å². The zero-order chi connectivity index (χ0) is 22.7. The highest BCUT2D eigenvalue weighted by Gasteiger charge is 2.39. The molecule has 2 aliphatic rings. The average molecular weight is 447 g/mol. The Morgan fingerprint density at radius 3 is 2.42 bits per heavy atom. The van der Waals surface area contributed by atoms with E-state index in [1.54, 1.807) is 19.2 Å². The summed E-state index contributed by atoms with van der Waals surface area (Å²) < 4.78 is 25.4. The highest BCUT2D eigenvalue weighted by molar-refractivity contribution is 5.58. The van der Waals surface area contributed by atoms with E-state index in [0.717, 1.165) is 56.1 Å². The van der Waals surface area contributed by atoms with Crippen LogP contribution in [0, 0.1) is 5.82 Å². The molecule has 2 aliphatic heterocycles. The molecule has 3 aromatic carbocycles. The van der Waals surface area contributed by atoms with Gasteiger partial charge in [-0.3, -0.25) is 4.90 Å². The smallest absolute Gasteiger partial charge is 0.142 e. The molecule has 33 heavy (non-hydrogen) atoms. The fourth-order valence-corrected chi connectivity index (χ4v) is 5.34. The van der Waals surface area contributed by atoms with Gasteiger partial charge in [0, 0.05) is 31.6 Å². The lowest BCUT2D eigenvalue weighted by Gasteiger charge is -2.42. The second kappa shape index (κ2) is 9.54. The number of hydrogen-bond acceptors (Lipinski definition) is 4. The van der Waals surface area contributed by atoms with Gasteiger partial charge in [0.15, 0.2) is 0 Å². The summed E-state index contributed by atoms with van der Waals surface area (Å²) in [5.74, 6) is 0.726. The van der Waals surface area contributed by atoms with Crippen LogP contribution in [0.25, 0.3) is 0 Å². The number of rotatable bonds is 6. The second-order valence-electron chi connectivity index (χ2n) is 8.99. The zero-order valence-corrected chi connectivity index (χ0v) is 19.2. The molecule has 4 nitrogen and oxygen atoms in total. The Kier molecular flexibility index (Phi) is 6.34. The maximum atomic E-state index is 13.7. The van der Waals surface area contributed by atoms with Gasteiger partial charge in [0.05, 0.1) is 26.0 Å². The van der Waals surface area contributed by atoms with E-state index in [9.17, 15) is 4.39 Å². The summed E-state index contributed by atoms with van der Waals surface area (Å²) in [5, 5.41) is 0. The van der Waals surface area contributed by atoms with Crippen molar-refractivity contribution in [1.82, 2.24) is 4.90 Å². The van der Waals surface area contributed by atoms with Gasteiger partial charge >= 0.3 is 0 Å². The van der Waals surface area contributed by atoms with Crippen molar-refractivity contribution in [3.05, 3.63) is 95.3 Å². The van der Waals surface area contributed by atoms with Crippen LogP contribution < -0.4 is 9.64 Å². The van der Waals surface area contributed by atoms with Crippen molar-refractivity contribution in [3.8, 4) is 5.75 Å². The Bertz CT molecular complexity index is 1080. The molecule has 5 heteroatoms. The number of para-hydroxylation sites is 2. The summed E-state index contributed by atoms with van der Waals surface area (Å²) in [6.45, 7) is 6.16. The van der Waals surface area contributed by atoms with Crippen LogP contribution in [0.15, 0.2) is 72.8 Å². The third-order valence-corrected chi connectivity index (χ3v) is 7.19. The van der Waals surface area contributed by atoms with Gasteiger partial charge in [-0.2, -0.15) is 0 Å². The van der Waals surface area contributed by atoms with E-state index in [4.69, 9.17) is 9.47 Å². The summed E-state index contributed by atoms with van der Waals surface area (Å²) in [6, 6.07) is 23.8. The van der Waals surface area contributed by atoms with Crippen molar-refractivity contribution in [1.29, 1.82) is 0 Å². The monoisotopic (exact) mass is 446 g/mol. The average Bonchev–Trinajstić information content (AvgIpc) is 2.88. The Balaban J connectivity index is 1.33. The number of nitrogens with zero attached hydrogens (tertiary/aromatic N) is 2. The van der Waals surface area contributed by atoms with Crippen molar-refractivity contribution >= 4 is 5.69 Å². The molecule has 1 atom stereocenters. The number of ether oxygens (including phenoxy) is 2.